The average Bonchev–Trinajstić information content (AvgIpc) is 3.13. The lowest BCUT2D eigenvalue weighted by Crippen LogP contribution is -2.41. The Balaban J connectivity index is 1.78. The number of hydrogen-bond donors (Lipinski definition) is 2. The average molecular weight is 360 g/mol. The summed E-state index contributed by atoms with van der Waals surface area (Å²) in [6.07, 6.45) is 0. The van der Waals surface area contributed by atoms with E-state index in [4.69, 9.17) is 10.5 Å². The summed E-state index contributed by atoms with van der Waals surface area (Å²) in [4.78, 5) is 31.0. The fourth-order valence-corrected chi connectivity index (χ4v) is 3.29. The third kappa shape index (κ3) is 3.87. The number of benzene rings is 1. The molecule has 1 saturated heterocycles. The third-order valence-electron chi connectivity index (χ3n) is 4.07. The number of morpholine rings is 1. The second-order valence-electron chi connectivity index (χ2n) is 5.67. The highest BCUT2D eigenvalue weighted by Gasteiger charge is 2.21. The fourth-order valence-electron chi connectivity index (χ4n) is 2.63. The van der Waals surface area contributed by atoms with Crippen LogP contribution in [0.1, 0.15) is 31.4 Å². The van der Waals surface area contributed by atoms with Crippen molar-refractivity contribution in [2.75, 3.05) is 31.6 Å². The second-order valence-corrected chi connectivity index (χ2v) is 6.61. The van der Waals surface area contributed by atoms with Gasteiger partial charge in [0.1, 0.15) is 10.7 Å². The van der Waals surface area contributed by atoms with Crippen LogP contribution in [0.3, 0.4) is 0 Å². The highest BCUT2D eigenvalue weighted by molar-refractivity contribution is 7.09. The molecule has 0 atom stereocenters. The van der Waals surface area contributed by atoms with E-state index >= 15 is 0 Å². The number of nitrogens with one attached hydrogen (secondary N) is 1. The molecule has 1 aliphatic rings. The van der Waals surface area contributed by atoms with Crippen LogP contribution in [-0.4, -0.2) is 48.0 Å². The maximum Gasteiger partial charge on any atom is 0.275 e. The van der Waals surface area contributed by atoms with Crippen molar-refractivity contribution in [1.82, 2.24) is 9.88 Å². The van der Waals surface area contributed by atoms with E-state index in [1.165, 1.54) is 11.3 Å². The lowest BCUT2D eigenvalue weighted by Gasteiger charge is -2.27. The molecular weight excluding hydrogens is 340 g/mol. The van der Waals surface area contributed by atoms with Crippen LogP contribution in [0.2, 0.25) is 0 Å². The Morgan fingerprint density at radius 1 is 1.36 bits per heavy atom. The molecule has 8 heteroatoms. The quantitative estimate of drug-likeness (QED) is 0.864. The Morgan fingerprint density at radius 3 is 2.80 bits per heavy atom. The van der Waals surface area contributed by atoms with Gasteiger partial charge in [-0.2, -0.15) is 0 Å². The normalized spacial score (nSPS) is 14.4. The molecule has 0 aliphatic carbocycles. The molecule has 0 radical (unpaired) electrons. The number of thiazole rings is 1. The monoisotopic (exact) mass is 360 g/mol. The van der Waals surface area contributed by atoms with E-state index in [2.05, 4.69) is 10.3 Å². The van der Waals surface area contributed by atoms with Crippen molar-refractivity contribution in [3.05, 3.63) is 45.4 Å². The van der Waals surface area contributed by atoms with E-state index in [0.29, 0.717) is 54.8 Å². The summed E-state index contributed by atoms with van der Waals surface area (Å²) in [7, 11) is 0. The van der Waals surface area contributed by atoms with Gasteiger partial charge in [0.25, 0.3) is 11.8 Å². The van der Waals surface area contributed by atoms with E-state index in [9.17, 15) is 9.59 Å². The van der Waals surface area contributed by atoms with Crippen LogP contribution in [0, 0.1) is 6.92 Å². The number of carbonyl (C=O) groups excluding carboxylic acids is 2. The van der Waals surface area contributed by atoms with E-state index in [0.717, 1.165) is 5.56 Å². The third-order valence-corrected chi connectivity index (χ3v) is 4.94. The predicted molar refractivity (Wildman–Crippen MR) is 95.9 cm³/mol. The highest BCUT2D eigenvalue weighted by atomic mass is 32.1. The molecule has 1 aliphatic heterocycles. The molecule has 1 aromatic heterocycles. The number of anilines is 1. The van der Waals surface area contributed by atoms with Gasteiger partial charge >= 0.3 is 0 Å². The molecule has 1 aromatic carbocycles. The second kappa shape index (κ2) is 7.73. The first-order chi connectivity index (χ1) is 12.1. The minimum Gasteiger partial charge on any atom is -0.378 e. The Bertz CT molecular complexity index is 784. The summed E-state index contributed by atoms with van der Waals surface area (Å²) < 4.78 is 5.29. The summed E-state index contributed by atoms with van der Waals surface area (Å²) in [5.41, 5.74) is 7.78. The Morgan fingerprint density at radius 2 is 2.12 bits per heavy atom. The predicted octanol–water partition coefficient (Wildman–Crippen LogP) is 1.63. The largest absolute Gasteiger partial charge is 0.378 e. The molecule has 1 fully saturated rings. The fraction of sp³-hybridized carbons (Fsp3) is 0.353. The lowest BCUT2D eigenvalue weighted by atomic mass is 10.0. The number of hydrogen-bond acceptors (Lipinski definition) is 6. The molecule has 2 aromatic rings. The zero-order valence-corrected chi connectivity index (χ0v) is 14.8. The van der Waals surface area contributed by atoms with Crippen LogP contribution < -0.4 is 11.1 Å². The Labute approximate surface area is 149 Å². The first kappa shape index (κ1) is 17.5. The van der Waals surface area contributed by atoms with E-state index in [1.54, 1.807) is 28.5 Å². The Kier molecular flexibility index (Phi) is 5.42. The van der Waals surface area contributed by atoms with Crippen molar-refractivity contribution >= 4 is 28.8 Å². The molecule has 25 heavy (non-hydrogen) atoms. The van der Waals surface area contributed by atoms with Gasteiger partial charge in [0, 0.05) is 36.3 Å². The van der Waals surface area contributed by atoms with Crippen LogP contribution in [-0.2, 0) is 11.3 Å². The van der Waals surface area contributed by atoms with Crippen molar-refractivity contribution in [3.8, 4) is 0 Å². The van der Waals surface area contributed by atoms with Gasteiger partial charge in [-0.25, -0.2) is 4.98 Å². The molecule has 2 amide bonds. The molecule has 0 saturated carbocycles. The van der Waals surface area contributed by atoms with Crippen LogP contribution in [0.25, 0.3) is 0 Å². The number of nitrogens with zero attached hydrogens (tertiary/aromatic N) is 2. The van der Waals surface area contributed by atoms with Crippen molar-refractivity contribution in [3.63, 3.8) is 0 Å². The number of ether oxygens (including phenoxy) is 1. The maximum absolute atomic E-state index is 12.7. The van der Waals surface area contributed by atoms with Gasteiger partial charge in [-0.1, -0.05) is 6.07 Å². The summed E-state index contributed by atoms with van der Waals surface area (Å²) in [6, 6.07) is 5.32. The zero-order chi connectivity index (χ0) is 17.8. The van der Waals surface area contributed by atoms with Gasteiger partial charge in [-0.05, 0) is 24.6 Å². The van der Waals surface area contributed by atoms with E-state index in [-0.39, 0.29) is 11.8 Å². The smallest absolute Gasteiger partial charge is 0.275 e. The molecule has 7 nitrogen and oxygen atoms in total. The van der Waals surface area contributed by atoms with Gasteiger partial charge in [0.2, 0.25) is 0 Å². The summed E-state index contributed by atoms with van der Waals surface area (Å²) >= 11 is 1.35. The molecule has 0 spiro atoms. The minimum atomic E-state index is -0.310. The van der Waals surface area contributed by atoms with Gasteiger partial charge in [-0.3, -0.25) is 9.59 Å². The molecular formula is C17H20N4O3S. The van der Waals surface area contributed by atoms with Crippen molar-refractivity contribution < 1.29 is 14.3 Å². The topological polar surface area (TPSA) is 97.6 Å². The number of amides is 2. The first-order valence-corrected chi connectivity index (χ1v) is 8.90. The van der Waals surface area contributed by atoms with Crippen LogP contribution in [0.15, 0.2) is 23.6 Å². The number of nitrogens with two attached hydrogens (primary N) is 1. The zero-order valence-electron chi connectivity index (χ0n) is 13.9. The minimum absolute atomic E-state index is 0.0454. The molecule has 3 rings (SSSR count). The van der Waals surface area contributed by atoms with Crippen LogP contribution in [0.4, 0.5) is 5.69 Å². The highest BCUT2D eigenvalue weighted by Crippen LogP contribution is 2.22. The van der Waals surface area contributed by atoms with Gasteiger partial charge in [0.15, 0.2) is 0 Å². The molecule has 0 unspecified atom stereocenters. The summed E-state index contributed by atoms with van der Waals surface area (Å²) in [6.45, 7) is 4.39. The lowest BCUT2D eigenvalue weighted by molar-refractivity contribution is 0.0302. The maximum atomic E-state index is 12.7. The van der Waals surface area contributed by atoms with Gasteiger partial charge in [-0.15, -0.1) is 11.3 Å². The molecule has 0 bridgehead atoms. The summed E-state index contributed by atoms with van der Waals surface area (Å²) in [5, 5.41) is 5.21. The standard InChI is InChI=1S/C17H20N4O3S/c1-11-12(17(23)21-5-7-24-8-6-21)3-2-4-13(11)20-16(22)14-10-25-15(9-18)19-14/h2-4,10H,5-9,18H2,1H3,(H,20,22). The first-order valence-electron chi connectivity index (χ1n) is 8.02. The van der Waals surface area contributed by atoms with Crippen molar-refractivity contribution in [1.29, 1.82) is 0 Å². The Hall–Kier alpha value is -2.29. The van der Waals surface area contributed by atoms with Gasteiger partial charge in [0.05, 0.1) is 13.2 Å². The van der Waals surface area contributed by atoms with Crippen LogP contribution >= 0.6 is 11.3 Å². The van der Waals surface area contributed by atoms with Crippen LogP contribution in [0.5, 0.6) is 0 Å². The molecule has 3 N–H and O–H groups in total. The number of aromatic nitrogens is 1. The van der Waals surface area contributed by atoms with E-state index in [1.807, 2.05) is 6.92 Å². The number of carbonyl (C=O) groups is 2. The van der Waals surface area contributed by atoms with Gasteiger partial charge < -0.3 is 20.7 Å². The SMILES string of the molecule is Cc1c(NC(=O)c2csc(CN)n2)cccc1C(=O)N1CCOCC1. The molecule has 2 heterocycles. The van der Waals surface area contributed by atoms with E-state index < -0.39 is 0 Å². The van der Waals surface area contributed by atoms with Crippen molar-refractivity contribution in [2.45, 2.75) is 13.5 Å². The van der Waals surface area contributed by atoms with Crippen molar-refractivity contribution in [2.24, 2.45) is 5.73 Å². The summed E-state index contributed by atoms with van der Waals surface area (Å²) in [5.74, 6) is -0.356. The number of rotatable bonds is 4. The molecule has 132 valence electrons.